The molecule has 0 fully saturated rings. The van der Waals surface area contributed by atoms with Crippen molar-refractivity contribution in [2.75, 3.05) is 4.90 Å². The number of hydrogen-bond donors (Lipinski definition) is 0. The summed E-state index contributed by atoms with van der Waals surface area (Å²) in [5, 5.41) is 2.32. The molecule has 59 heavy (non-hydrogen) atoms. The fourth-order valence-corrected chi connectivity index (χ4v) is 9.01. The number of anilines is 3. The van der Waals surface area contributed by atoms with Gasteiger partial charge in [-0.05, 0) is 76.3 Å². The first kappa shape index (κ1) is 34.6. The Morgan fingerprint density at radius 2 is 0.898 bits per heavy atom. The molecule has 8 aromatic carbocycles. The highest BCUT2D eigenvalue weighted by Crippen LogP contribution is 2.49. The van der Waals surface area contributed by atoms with E-state index in [1.807, 2.05) is 0 Å². The molecule has 0 atom stereocenters. The lowest BCUT2D eigenvalue weighted by molar-refractivity contribution is 0.660. The van der Waals surface area contributed by atoms with E-state index in [1.165, 1.54) is 22.3 Å². The number of benzene rings is 8. The van der Waals surface area contributed by atoms with Gasteiger partial charge in [0.15, 0.2) is 11.6 Å². The predicted octanol–water partition coefficient (Wildman–Crippen LogP) is 13.7. The van der Waals surface area contributed by atoms with Crippen molar-refractivity contribution in [3.63, 3.8) is 0 Å². The van der Waals surface area contributed by atoms with Gasteiger partial charge >= 0.3 is 0 Å². The Hall–Kier alpha value is -7.63. The maximum Gasteiger partial charge on any atom is 0.238 e. The van der Waals surface area contributed by atoms with E-state index in [1.54, 1.807) is 0 Å². The molecule has 10 aromatic rings. The maximum atomic E-state index is 5.28. The highest BCUT2D eigenvalue weighted by atomic mass is 15.2. The van der Waals surface area contributed by atoms with Crippen LogP contribution in [0, 0.1) is 0 Å². The molecule has 11 rings (SSSR count). The molecule has 0 radical (unpaired) electrons. The molecule has 0 bridgehead atoms. The zero-order chi connectivity index (χ0) is 39.5. The van der Waals surface area contributed by atoms with Crippen molar-refractivity contribution in [2.24, 2.45) is 0 Å². The number of hydrogen-bond acceptors (Lipinski definition) is 4. The first-order valence-electron chi connectivity index (χ1n) is 20.1. The number of aromatic nitrogens is 4. The van der Waals surface area contributed by atoms with Crippen LogP contribution < -0.4 is 4.90 Å². The van der Waals surface area contributed by atoms with Gasteiger partial charge in [-0.3, -0.25) is 4.57 Å². The minimum Gasteiger partial charge on any atom is -0.310 e. The summed E-state index contributed by atoms with van der Waals surface area (Å²) in [4.78, 5) is 18.1. The van der Waals surface area contributed by atoms with Gasteiger partial charge in [-0.1, -0.05) is 166 Å². The van der Waals surface area contributed by atoms with Crippen LogP contribution in [-0.4, -0.2) is 19.5 Å². The van der Waals surface area contributed by atoms with E-state index in [0.29, 0.717) is 17.6 Å². The highest BCUT2D eigenvalue weighted by molar-refractivity contribution is 6.09. The second-order valence-corrected chi connectivity index (χ2v) is 15.7. The molecule has 0 unspecified atom stereocenters. The Morgan fingerprint density at radius 3 is 1.56 bits per heavy atom. The van der Waals surface area contributed by atoms with Crippen LogP contribution in [-0.2, 0) is 5.41 Å². The summed E-state index contributed by atoms with van der Waals surface area (Å²) in [5.74, 6) is 1.83. The Bertz CT molecular complexity index is 3090. The van der Waals surface area contributed by atoms with Gasteiger partial charge in [0.1, 0.15) is 0 Å². The van der Waals surface area contributed by atoms with Crippen LogP contribution in [0.15, 0.2) is 200 Å². The highest BCUT2D eigenvalue weighted by Gasteiger charge is 2.35. The standard InChI is InChI=1S/C54H39N5/c1-54(2)46-25-13-9-22-42(46)45-35-38(33-34-47(45)54)52-55-51(56-53(57-52)59-49-27-15-11-23-43(49)44-24-12-16-28-50(44)59)37-31-29-36(30-32-37)41-21-10-14-26-48(41)58(39-17-5-3-6-18-39)40-19-7-4-8-20-40/h3-35H,1-2H3. The van der Waals surface area contributed by atoms with Crippen LogP contribution in [0.25, 0.3) is 72.8 Å². The van der Waals surface area contributed by atoms with Crippen molar-refractivity contribution < 1.29 is 0 Å². The van der Waals surface area contributed by atoms with Crippen molar-refractivity contribution in [1.29, 1.82) is 0 Å². The first-order chi connectivity index (χ1) is 29.0. The summed E-state index contributed by atoms with van der Waals surface area (Å²) in [6.07, 6.45) is 0. The Balaban J connectivity index is 1.07. The number of nitrogens with zero attached hydrogens (tertiary/aromatic N) is 5. The monoisotopic (exact) mass is 757 g/mol. The molecule has 0 saturated carbocycles. The van der Waals surface area contributed by atoms with Gasteiger partial charge in [-0.25, -0.2) is 4.98 Å². The third kappa shape index (κ3) is 5.73. The Morgan fingerprint density at radius 1 is 0.407 bits per heavy atom. The van der Waals surface area contributed by atoms with E-state index in [0.717, 1.165) is 61.1 Å². The normalized spacial score (nSPS) is 12.7. The van der Waals surface area contributed by atoms with Crippen LogP contribution in [0.2, 0.25) is 0 Å². The topological polar surface area (TPSA) is 46.8 Å². The van der Waals surface area contributed by atoms with E-state index < -0.39 is 0 Å². The van der Waals surface area contributed by atoms with Crippen molar-refractivity contribution in [3.8, 4) is 51.0 Å². The molecule has 0 saturated heterocycles. The maximum absolute atomic E-state index is 5.28. The van der Waals surface area contributed by atoms with Gasteiger partial charge in [-0.2, -0.15) is 9.97 Å². The minimum atomic E-state index is -0.0948. The Labute approximate surface area is 343 Å². The lowest BCUT2D eigenvalue weighted by Gasteiger charge is -2.27. The van der Waals surface area contributed by atoms with E-state index in [2.05, 4.69) is 224 Å². The van der Waals surface area contributed by atoms with Crippen LogP contribution in [0.5, 0.6) is 0 Å². The van der Waals surface area contributed by atoms with Crippen molar-refractivity contribution in [3.05, 3.63) is 211 Å². The average Bonchev–Trinajstić information content (AvgIpc) is 3.75. The van der Waals surface area contributed by atoms with Gasteiger partial charge < -0.3 is 4.90 Å². The lowest BCUT2D eigenvalue weighted by Crippen LogP contribution is -2.14. The Kier molecular flexibility index (Phi) is 8.09. The van der Waals surface area contributed by atoms with Gasteiger partial charge in [0, 0.05) is 44.3 Å². The molecule has 0 spiro atoms. The number of fused-ring (bicyclic) bond motifs is 6. The molecule has 0 aliphatic heterocycles. The third-order valence-electron chi connectivity index (χ3n) is 11.9. The average molecular weight is 758 g/mol. The van der Waals surface area contributed by atoms with E-state index >= 15 is 0 Å². The summed E-state index contributed by atoms with van der Waals surface area (Å²) in [7, 11) is 0. The van der Waals surface area contributed by atoms with E-state index in [9.17, 15) is 0 Å². The van der Waals surface area contributed by atoms with Gasteiger partial charge in [0.05, 0.1) is 16.7 Å². The lowest BCUT2D eigenvalue weighted by atomic mass is 9.82. The quantitative estimate of drug-likeness (QED) is 0.162. The molecule has 5 heteroatoms. The van der Waals surface area contributed by atoms with Gasteiger partial charge in [0.2, 0.25) is 5.95 Å². The molecule has 280 valence electrons. The predicted molar refractivity (Wildman–Crippen MR) is 243 cm³/mol. The van der Waals surface area contributed by atoms with E-state index in [4.69, 9.17) is 15.0 Å². The molecular formula is C54H39N5. The molecular weight excluding hydrogens is 719 g/mol. The van der Waals surface area contributed by atoms with E-state index in [-0.39, 0.29) is 5.41 Å². The summed E-state index contributed by atoms with van der Waals surface area (Å²) < 4.78 is 2.18. The van der Waals surface area contributed by atoms with Gasteiger partial charge in [-0.15, -0.1) is 0 Å². The molecule has 2 aromatic heterocycles. The van der Waals surface area contributed by atoms with Crippen LogP contribution in [0.4, 0.5) is 17.1 Å². The zero-order valence-corrected chi connectivity index (χ0v) is 32.8. The molecule has 1 aliphatic carbocycles. The summed E-state index contributed by atoms with van der Waals surface area (Å²) in [6, 6.07) is 70.7. The molecule has 0 N–H and O–H groups in total. The van der Waals surface area contributed by atoms with Crippen LogP contribution >= 0.6 is 0 Å². The summed E-state index contributed by atoms with van der Waals surface area (Å²) in [6.45, 7) is 4.61. The van der Waals surface area contributed by atoms with Gasteiger partial charge in [0.25, 0.3) is 0 Å². The largest absolute Gasteiger partial charge is 0.310 e. The fourth-order valence-electron chi connectivity index (χ4n) is 9.01. The minimum absolute atomic E-state index is 0.0948. The fraction of sp³-hybridized carbons (Fsp3) is 0.0556. The van der Waals surface area contributed by atoms with Crippen molar-refractivity contribution in [2.45, 2.75) is 19.3 Å². The van der Waals surface area contributed by atoms with Crippen LogP contribution in [0.3, 0.4) is 0 Å². The third-order valence-corrected chi connectivity index (χ3v) is 11.9. The molecule has 5 nitrogen and oxygen atoms in total. The molecule has 0 amide bonds. The van der Waals surface area contributed by atoms with Crippen molar-refractivity contribution in [1.82, 2.24) is 19.5 Å². The first-order valence-corrected chi connectivity index (χ1v) is 20.1. The zero-order valence-electron chi connectivity index (χ0n) is 32.8. The molecule has 2 heterocycles. The number of para-hydroxylation sites is 5. The second-order valence-electron chi connectivity index (χ2n) is 15.7. The summed E-state index contributed by atoms with van der Waals surface area (Å²) in [5.41, 5.74) is 14.5. The van der Waals surface area contributed by atoms with Crippen molar-refractivity contribution >= 4 is 38.9 Å². The SMILES string of the molecule is CC1(C)c2ccccc2-c2cc(-c3nc(-c4ccc(-c5ccccc5N(c5ccccc5)c5ccccc5)cc4)nc(-n4c5ccccc5c5ccccc54)n3)ccc21. The molecule has 1 aliphatic rings. The van der Waals surface area contributed by atoms with Crippen LogP contribution in [0.1, 0.15) is 25.0 Å². The number of rotatable bonds is 7. The smallest absolute Gasteiger partial charge is 0.238 e. The second kappa shape index (κ2) is 13.8. The summed E-state index contributed by atoms with van der Waals surface area (Å²) >= 11 is 0.